The maximum atomic E-state index is 12.3. The van der Waals surface area contributed by atoms with Crippen LogP contribution in [0.25, 0.3) is 0 Å². The van der Waals surface area contributed by atoms with Crippen LogP contribution in [0, 0.1) is 5.41 Å². The molecule has 0 radical (unpaired) electrons. The average Bonchev–Trinajstić information content (AvgIpc) is 2.88. The van der Waals surface area contributed by atoms with Crippen molar-refractivity contribution in [2.45, 2.75) is 39.2 Å². The number of carbonyl (C=O) groups is 1. The fraction of sp³-hybridized carbons (Fsp3) is 0.615. The van der Waals surface area contributed by atoms with Gasteiger partial charge in [-0.1, -0.05) is 19.8 Å². The molecule has 0 atom stereocenters. The number of methoxy groups -OCH3 is 1. The monoisotopic (exact) mass is 222 g/mol. The van der Waals surface area contributed by atoms with Gasteiger partial charge in [-0.15, -0.1) is 0 Å². The molecule has 1 fully saturated rings. The van der Waals surface area contributed by atoms with Gasteiger partial charge in [0, 0.05) is 12.5 Å². The second-order valence-corrected chi connectivity index (χ2v) is 4.80. The Morgan fingerprint density at radius 2 is 2.12 bits per heavy atom. The highest BCUT2D eigenvalue weighted by Crippen LogP contribution is 2.40. The van der Waals surface area contributed by atoms with Crippen LogP contribution >= 0.6 is 0 Å². The smallest absolute Gasteiger partial charge is 0.203 e. The van der Waals surface area contributed by atoms with Gasteiger partial charge in [-0.3, -0.25) is 4.79 Å². The van der Waals surface area contributed by atoms with Crippen LogP contribution in [0.15, 0.2) is 16.5 Å². The van der Waals surface area contributed by atoms with Crippen molar-refractivity contribution in [3.63, 3.8) is 0 Å². The lowest BCUT2D eigenvalue weighted by Gasteiger charge is -2.19. The van der Waals surface area contributed by atoms with E-state index in [1.165, 1.54) is 0 Å². The van der Waals surface area contributed by atoms with Gasteiger partial charge in [0.1, 0.15) is 12.4 Å². The summed E-state index contributed by atoms with van der Waals surface area (Å²) >= 11 is 0. The minimum Gasteiger partial charge on any atom is -0.455 e. The van der Waals surface area contributed by atoms with E-state index in [9.17, 15) is 4.79 Å². The summed E-state index contributed by atoms with van der Waals surface area (Å²) in [6, 6.07) is 3.58. The third-order valence-electron chi connectivity index (χ3n) is 3.43. The van der Waals surface area contributed by atoms with Gasteiger partial charge in [-0.05, 0) is 25.0 Å². The van der Waals surface area contributed by atoms with Crippen molar-refractivity contribution in [1.82, 2.24) is 0 Å². The van der Waals surface area contributed by atoms with Crippen LogP contribution in [0.4, 0.5) is 0 Å². The van der Waals surface area contributed by atoms with Gasteiger partial charge in [0.25, 0.3) is 0 Å². The highest BCUT2D eigenvalue weighted by atomic mass is 16.5. The fourth-order valence-corrected chi connectivity index (χ4v) is 2.40. The zero-order valence-electron chi connectivity index (χ0n) is 9.91. The van der Waals surface area contributed by atoms with Crippen molar-refractivity contribution in [2.75, 3.05) is 7.11 Å². The number of ether oxygens (including phenoxy) is 1. The molecule has 0 spiro atoms. The minimum atomic E-state index is -0.206. The van der Waals surface area contributed by atoms with Crippen LogP contribution in [0.3, 0.4) is 0 Å². The highest BCUT2D eigenvalue weighted by Gasteiger charge is 2.38. The maximum absolute atomic E-state index is 12.3. The second-order valence-electron chi connectivity index (χ2n) is 4.80. The predicted molar refractivity (Wildman–Crippen MR) is 60.3 cm³/mol. The Morgan fingerprint density at radius 3 is 2.75 bits per heavy atom. The van der Waals surface area contributed by atoms with Crippen LogP contribution in [-0.2, 0) is 11.3 Å². The topological polar surface area (TPSA) is 39.4 Å². The number of hydrogen-bond donors (Lipinski definition) is 0. The van der Waals surface area contributed by atoms with Gasteiger partial charge in [-0.25, -0.2) is 0 Å². The standard InChI is InChI=1S/C13H18O3/c1-13(7-3-4-8-13)12(14)11-6-5-10(16-11)9-15-2/h5-6H,3-4,7-9H2,1-2H3. The summed E-state index contributed by atoms with van der Waals surface area (Å²) in [7, 11) is 1.61. The summed E-state index contributed by atoms with van der Waals surface area (Å²) in [6.07, 6.45) is 4.25. The molecule has 0 unspecified atom stereocenters. The summed E-state index contributed by atoms with van der Waals surface area (Å²) in [4.78, 5) is 12.3. The lowest BCUT2D eigenvalue weighted by molar-refractivity contribution is 0.0785. The average molecular weight is 222 g/mol. The van der Waals surface area contributed by atoms with Gasteiger partial charge >= 0.3 is 0 Å². The number of ketones is 1. The molecule has 0 aromatic carbocycles. The number of carbonyl (C=O) groups excluding carboxylic acids is 1. The fourth-order valence-electron chi connectivity index (χ4n) is 2.40. The van der Waals surface area contributed by atoms with Crippen LogP contribution < -0.4 is 0 Å². The Morgan fingerprint density at radius 1 is 1.44 bits per heavy atom. The first kappa shape index (κ1) is 11.4. The van der Waals surface area contributed by atoms with Gasteiger partial charge in [0.05, 0.1) is 0 Å². The predicted octanol–water partition coefficient (Wildman–Crippen LogP) is 3.19. The largest absolute Gasteiger partial charge is 0.455 e. The van der Waals surface area contributed by atoms with Gasteiger partial charge in [0.15, 0.2) is 5.76 Å². The Labute approximate surface area is 95.8 Å². The molecule has 88 valence electrons. The Balaban J connectivity index is 2.13. The molecule has 1 aromatic heterocycles. The van der Waals surface area contributed by atoms with Gasteiger partial charge in [-0.2, -0.15) is 0 Å². The van der Waals surface area contributed by atoms with E-state index in [2.05, 4.69) is 0 Å². The van der Waals surface area contributed by atoms with E-state index in [-0.39, 0.29) is 11.2 Å². The van der Waals surface area contributed by atoms with Gasteiger partial charge < -0.3 is 9.15 Å². The maximum Gasteiger partial charge on any atom is 0.203 e. The van der Waals surface area contributed by atoms with Crippen molar-refractivity contribution in [3.05, 3.63) is 23.7 Å². The van der Waals surface area contributed by atoms with E-state index in [1.807, 2.05) is 13.0 Å². The SMILES string of the molecule is COCc1ccc(C(=O)C2(C)CCCC2)o1. The first-order valence-corrected chi connectivity index (χ1v) is 5.78. The molecule has 1 heterocycles. The molecule has 16 heavy (non-hydrogen) atoms. The van der Waals surface area contributed by atoms with Crippen LogP contribution in [0.2, 0.25) is 0 Å². The van der Waals surface area contributed by atoms with Crippen molar-refractivity contribution in [3.8, 4) is 0 Å². The molecular weight excluding hydrogens is 204 g/mol. The van der Waals surface area contributed by atoms with E-state index in [1.54, 1.807) is 13.2 Å². The van der Waals surface area contributed by atoms with E-state index in [4.69, 9.17) is 9.15 Å². The summed E-state index contributed by atoms with van der Waals surface area (Å²) in [6.45, 7) is 2.46. The molecular formula is C13H18O3. The van der Waals surface area contributed by atoms with Crippen molar-refractivity contribution < 1.29 is 13.9 Å². The molecule has 2 rings (SSSR count). The molecule has 1 aliphatic carbocycles. The molecule has 0 amide bonds. The molecule has 0 N–H and O–H groups in total. The summed E-state index contributed by atoms with van der Waals surface area (Å²) in [5.74, 6) is 1.34. The van der Waals surface area contributed by atoms with Gasteiger partial charge in [0.2, 0.25) is 5.78 Å². The second kappa shape index (κ2) is 4.42. The van der Waals surface area contributed by atoms with E-state index >= 15 is 0 Å². The number of rotatable bonds is 4. The first-order valence-electron chi connectivity index (χ1n) is 5.78. The lowest BCUT2D eigenvalue weighted by Crippen LogP contribution is -2.23. The molecule has 1 saturated carbocycles. The quantitative estimate of drug-likeness (QED) is 0.734. The molecule has 0 bridgehead atoms. The molecule has 1 aromatic rings. The van der Waals surface area contributed by atoms with E-state index < -0.39 is 0 Å². The van der Waals surface area contributed by atoms with Crippen LogP contribution in [0.1, 0.15) is 48.9 Å². The highest BCUT2D eigenvalue weighted by molar-refractivity contribution is 5.98. The number of hydrogen-bond acceptors (Lipinski definition) is 3. The third-order valence-corrected chi connectivity index (χ3v) is 3.43. The molecule has 3 nitrogen and oxygen atoms in total. The summed E-state index contributed by atoms with van der Waals surface area (Å²) in [5.41, 5.74) is -0.206. The zero-order chi connectivity index (χ0) is 11.6. The molecule has 0 aliphatic heterocycles. The van der Waals surface area contributed by atoms with Crippen LogP contribution in [-0.4, -0.2) is 12.9 Å². The molecule has 3 heteroatoms. The van der Waals surface area contributed by atoms with Crippen molar-refractivity contribution in [2.24, 2.45) is 5.41 Å². The van der Waals surface area contributed by atoms with E-state index in [0.29, 0.717) is 18.1 Å². The normalized spacial score (nSPS) is 18.9. The lowest BCUT2D eigenvalue weighted by atomic mass is 9.83. The zero-order valence-corrected chi connectivity index (χ0v) is 9.91. The Bertz CT molecular complexity index is 372. The van der Waals surface area contributed by atoms with Crippen molar-refractivity contribution >= 4 is 5.78 Å². The molecule has 1 aliphatic rings. The first-order chi connectivity index (χ1) is 7.65. The minimum absolute atomic E-state index is 0.146. The number of Topliss-reactive ketones (excluding diaryl/α,β-unsaturated/α-hetero) is 1. The summed E-state index contributed by atoms with van der Waals surface area (Å²) < 4.78 is 10.5. The third kappa shape index (κ3) is 2.05. The van der Waals surface area contributed by atoms with Crippen molar-refractivity contribution in [1.29, 1.82) is 0 Å². The summed E-state index contributed by atoms with van der Waals surface area (Å²) in [5, 5.41) is 0. The Kier molecular flexibility index (Phi) is 3.15. The van der Waals surface area contributed by atoms with E-state index in [0.717, 1.165) is 25.7 Å². The van der Waals surface area contributed by atoms with Crippen LogP contribution in [0.5, 0.6) is 0 Å². The number of furan rings is 1. The Hall–Kier alpha value is -1.09. The molecule has 0 saturated heterocycles.